The lowest BCUT2D eigenvalue weighted by Crippen LogP contribution is -2.36. The minimum atomic E-state index is -0.384. The first-order valence-corrected chi connectivity index (χ1v) is 8.42. The number of hydrogen-bond acceptors (Lipinski definition) is 4. The summed E-state index contributed by atoms with van der Waals surface area (Å²) < 4.78 is 5.41. The number of hydrogen-bond donors (Lipinski definition) is 1. The molecule has 0 unspecified atom stereocenters. The molecule has 1 aliphatic heterocycles. The molecular formula is C18H29N3O2. The van der Waals surface area contributed by atoms with E-state index in [2.05, 4.69) is 22.1 Å². The third-order valence-corrected chi connectivity index (χ3v) is 4.86. The normalized spacial score (nSPS) is 16.4. The Labute approximate surface area is 139 Å². The zero-order chi connectivity index (χ0) is 17.0. The van der Waals surface area contributed by atoms with E-state index >= 15 is 0 Å². The number of carbonyl (C=O) groups excluding carboxylic acids is 1. The third-order valence-electron chi connectivity index (χ3n) is 4.86. The number of morpholine rings is 1. The quantitative estimate of drug-likeness (QED) is 0.906. The summed E-state index contributed by atoms with van der Waals surface area (Å²) in [6, 6.07) is 2.02. The van der Waals surface area contributed by atoms with E-state index < -0.39 is 0 Å². The predicted molar refractivity (Wildman–Crippen MR) is 92.5 cm³/mol. The second kappa shape index (κ2) is 7.41. The number of nitrogens with one attached hydrogen (secondary N) is 1. The number of aryl methyl sites for hydroxylation is 1. The highest BCUT2D eigenvalue weighted by molar-refractivity contribution is 5.94. The number of aromatic nitrogens is 1. The average Bonchev–Trinajstić information content (AvgIpc) is 2.53. The van der Waals surface area contributed by atoms with Crippen molar-refractivity contribution in [2.75, 3.05) is 31.6 Å². The number of carbonyl (C=O) groups is 1. The molecule has 1 aromatic heterocycles. The molecule has 128 valence electrons. The summed E-state index contributed by atoms with van der Waals surface area (Å²) in [5.41, 5.74) is 3.01. The summed E-state index contributed by atoms with van der Waals surface area (Å²) in [7, 11) is 0. The van der Waals surface area contributed by atoms with Gasteiger partial charge in [0, 0.05) is 30.7 Å². The van der Waals surface area contributed by atoms with Gasteiger partial charge in [-0.25, -0.2) is 4.98 Å². The lowest BCUT2D eigenvalue weighted by atomic mass is 9.89. The van der Waals surface area contributed by atoms with E-state index in [4.69, 9.17) is 4.74 Å². The number of rotatable bonds is 5. The van der Waals surface area contributed by atoms with Crippen molar-refractivity contribution in [2.45, 2.75) is 47.6 Å². The maximum absolute atomic E-state index is 12.4. The number of amides is 1. The second-order valence-electron chi connectivity index (χ2n) is 6.96. The monoisotopic (exact) mass is 319 g/mol. The van der Waals surface area contributed by atoms with Crippen molar-refractivity contribution in [2.24, 2.45) is 5.41 Å². The zero-order valence-electron chi connectivity index (χ0n) is 15.0. The van der Waals surface area contributed by atoms with E-state index in [0.717, 1.165) is 45.0 Å². The van der Waals surface area contributed by atoms with Crippen molar-refractivity contribution in [3.63, 3.8) is 0 Å². The molecule has 0 spiro atoms. The van der Waals surface area contributed by atoms with Crippen LogP contribution in [0.1, 0.15) is 44.0 Å². The Morgan fingerprint density at radius 1 is 1.35 bits per heavy atom. The van der Waals surface area contributed by atoms with E-state index in [9.17, 15) is 4.79 Å². The van der Waals surface area contributed by atoms with Crippen LogP contribution in [0.2, 0.25) is 0 Å². The molecule has 0 aliphatic carbocycles. The van der Waals surface area contributed by atoms with E-state index in [1.807, 2.05) is 33.8 Å². The Balaban J connectivity index is 2.16. The molecule has 0 atom stereocenters. The van der Waals surface area contributed by atoms with Crippen molar-refractivity contribution in [3.05, 3.63) is 22.9 Å². The smallest absolute Gasteiger partial charge is 0.231 e. The fraction of sp³-hybridized carbons (Fsp3) is 0.667. The standard InChI is InChI=1S/C18H29N3O2/c1-6-18(4,5)17(22)20-16-11-15(13(2)14(3)19-16)12-21-7-9-23-10-8-21/h11H,6-10,12H2,1-5H3,(H,19,20,22). The molecule has 2 rings (SSSR count). The Hall–Kier alpha value is -1.46. The first-order chi connectivity index (χ1) is 10.8. The van der Waals surface area contributed by atoms with Crippen LogP contribution >= 0.6 is 0 Å². The minimum absolute atomic E-state index is 0.0214. The summed E-state index contributed by atoms with van der Waals surface area (Å²) >= 11 is 0. The van der Waals surface area contributed by atoms with Crippen LogP contribution < -0.4 is 5.32 Å². The SMILES string of the molecule is CCC(C)(C)C(=O)Nc1cc(CN2CCOCC2)c(C)c(C)n1. The minimum Gasteiger partial charge on any atom is -0.379 e. The Morgan fingerprint density at radius 2 is 2.00 bits per heavy atom. The van der Waals surface area contributed by atoms with Crippen LogP contribution in [-0.4, -0.2) is 42.1 Å². The summed E-state index contributed by atoms with van der Waals surface area (Å²) in [4.78, 5) is 19.3. The van der Waals surface area contributed by atoms with Crippen molar-refractivity contribution < 1.29 is 9.53 Å². The summed E-state index contributed by atoms with van der Waals surface area (Å²) in [6.45, 7) is 14.4. The average molecular weight is 319 g/mol. The van der Waals surface area contributed by atoms with Crippen molar-refractivity contribution in [3.8, 4) is 0 Å². The first kappa shape index (κ1) is 17.9. The number of ether oxygens (including phenoxy) is 1. The maximum Gasteiger partial charge on any atom is 0.231 e. The van der Waals surface area contributed by atoms with Gasteiger partial charge >= 0.3 is 0 Å². The first-order valence-electron chi connectivity index (χ1n) is 8.42. The molecular weight excluding hydrogens is 290 g/mol. The number of nitrogens with zero attached hydrogens (tertiary/aromatic N) is 2. The lowest BCUT2D eigenvalue weighted by molar-refractivity contribution is -0.124. The van der Waals surface area contributed by atoms with Crippen LogP contribution in [0.4, 0.5) is 5.82 Å². The Kier molecular flexibility index (Phi) is 5.76. The third kappa shape index (κ3) is 4.52. The van der Waals surface area contributed by atoms with Gasteiger partial charge < -0.3 is 10.1 Å². The van der Waals surface area contributed by atoms with Crippen LogP contribution in [0.25, 0.3) is 0 Å². The van der Waals surface area contributed by atoms with Gasteiger partial charge in [0.05, 0.1) is 13.2 Å². The van der Waals surface area contributed by atoms with E-state index in [1.165, 1.54) is 11.1 Å². The summed E-state index contributed by atoms with van der Waals surface area (Å²) in [5, 5.41) is 2.99. The Morgan fingerprint density at radius 3 is 2.61 bits per heavy atom. The van der Waals surface area contributed by atoms with E-state index in [0.29, 0.717) is 5.82 Å². The van der Waals surface area contributed by atoms with Gasteiger partial charge in [-0.05, 0) is 37.5 Å². The van der Waals surface area contributed by atoms with Crippen molar-refractivity contribution in [1.82, 2.24) is 9.88 Å². The van der Waals surface area contributed by atoms with Gasteiger partial charge in [0.15, 0.2) is 0 Å². The molecule has 1 aromatic rings. The van der Waals surface area contributed by atoms with Crippen LogP contribution in [-0.2, 0) is 16.1 Å². The molecule has 1 saturated heterocycles. The molecule has 1 amide bonds. The fourth-order valence-electron chi connectivity index (χ4n) is 2.48. The predicted octanol–water partition coefficient (Wildman–Crippen LogP) is 2.91. The molecule has 0 bridgehead atoms. The van der Waals surface area contributed by atoms with Gasteiger partial charge in [0.25, 0.3) is 0 Å². The van der Waals surface area contributed by atoms with E-state index in [1.54, 1.807) is 0 Å². The molecule has 1 fully saturated rings. The molecule has 5 nitrogen and oxygen atoms in total. The fourth-order valence-corrected chi connectivity index (χ4v) is 2.48. The summed E-state index contributed by atoms with van der Waals surface area (Å²) in [6.07, 6.45) is 0.796. The van der Waals surface area contributed by atoms with Gasteiger partial charge in [-0.3, -0.25) is 9.69 Å². The highest BCUT2D eigenvalue weighted by Gasteiger charge is 2.26. The molecule has 0 saturated carbocycles. The maximum atomic E-state index is 12.4. The molecule has 1 aliphatic rings. The van der Waals surface area contributed by atoms with Crippen LogP contribution in [0.5, 0.6) is 0 Å². The molecule has 5 heteroatoms. The van der Waals surface area contributed by atoms with Gasteiger partial charge in [-0.2, -0.15) is 0 Å². The molecule has 0 radical (unpaired) electrons. The number of anilines is 1. The Bertz CT molecular complexity index is 564. The highest BCUT2D eigenvalue weighted by atomic mass is 16.5. The van der Waals surface area contributed by atoms with Gasteiger partial charge in [-0.1, -0.05) is 20.8 Å². The summed E-state index contributed by atoms with van der Waals surface area (Å²) in [5.74, 6) is 0.677. The molecule has 0 aromatic carbocycles. The van der Waals surface area contributed by atoms with Gasteiger partial charge in [0.2, 0.25) is 5.91 Å². The number of pyridine rings is 1. The van der Waals surface area contributed by atoms with E-state index in [-0.39, 0.29) is 11.3 Å². The second-order valence-corrected chi connectivity index (χ2v) is 6.96. The molecule has 23 heavy (non-hydrogen) atoms. The highest BCUT2D eigenvalue weighted by Crippen LogP contribution is 2.24. The lowest BCUT2D eigenvalue weighted by Gasteiger charge is -2.27. The zero-order valence-corrected chi connectivity index (χ0v) is 15.0. The van der Waals surface area contributed by atoms with Crippen molar-refractivity contribution >= 4 is 11.7 Å². The van der Waals surface area contributed by atoms with Crippen LogP contribution in [0, 0.1) is 19.3 Å². The van der Waals surface area contributed by atoms with Gasteiger partial charge in [-0.15, -0.1) is 0 Å². The van der Waals surface area contributed by atoms with Gasteiger partial charge in [0.1, 0.15) is 5.82 Å². The van der Waals surface area contributed by atoms with Crippen LogP contribution in [0.3, 0.4) is 0 Å². The van der Waals surface area contributed by atoms with Crippen molar-refractivity contribution in [1.29, 1.82) is 0 Å². The topological polar surface area (TPSA) is 54.5 Å². The molecule has 1 N–H and O–H groups in total. The molecule has 2 heterocycles. The largest absolute Gasteiger partial charge is 0.379 e. The van der Waals surface area contributed by atoms with Crippen LogP contribution in [0.15, 0.2) is 6.07 Å².